The summed E-state index contributed by atoms with van der Waals surface area (Å²) >= 11 is 0.890. The summed E-state index contributed by atoms with van der Waals surface area (Å²) in [5, 5.41) is 13.1. The fraction of sp³-hybridized carbons (Fsp3) is 0.256. The summed E-state index contributed by atoms with van der Waals surface area (Å²) in [5.41, 5.74) is 3.15. The maximum atomic E-state index is 13.4. The number of amides is 2. The van der Waals surface area contributed by atoms with Crippen LogP contribution < -0.4 is 14.8 Å². The molecule has 2 amide bonds. The van der Waals surface area contributed by atoms with Crippen LogP contribution >= 0.6 is 11.5 Å². The van der Waals surface area contributed by atoms with Gasteiger partial charge in [0.25, 0.3) is 15.9 Å². The second kappa shape index (κ2) is 16.5. The number of rotatable bonds is 11. The normalized spacial score (nSPS) is 13.5. The van der Waals surface area contributed by atoms with E-state index in [2.05, 4.69) is 24.3 Å². The third kappa shape index (κ3) is 9.58. The monoisotopic (exact) mass is 765 g/mol. The van der Waals surface area contributed by atoms with Gasteiger partial charge in [0.05, 0.1) is 10.5 Å². The topological polar surface area (TPSA) is 167 Å². The third-order valence-corrected chi connectivity index (χ3v) is 10.5. The molecule has 5 aromatic rings. The summed E-state index contributed by atoms with van der Waals surface area (Å²) in [7, 11) is -4.04. The molecule has 15 heteroatoms. The van der Waals surface area contributed by atoms with Gasteiger partial charge < -0.3 is 19.7 Å². The molecule has 0 aliphatic carbocycles. The number of carbonyl (C=O) groups excluding carboxylic acids is 2. The van der Waals surface area contributed by atoms with E-state index in [0.717, 1.165) is 22.7 Å². The van der Waals surface area contributed by atoms with Crippen molar-refractivity contribution in [2.24, 2.45) is 0 Å². The molecule has 1 aromatic heterocycles. The number of benzene rings is 4. The van der Waals surface area contributed by atoms with Gasteiger partial charge in [0.1, 0.15) is 29.5 Å². The average molecular weight is 766 g/mol. The zero-order valence-corrected chi connectivity index (χ0v) is 31.6. The predicted octanol–water partition coefficient (Wildman–Crippen LogP) is 6.62. The first-order chi connectivity index (χ1) is 25.9. The maximum absolute atomic E-state index is 13.4. The second-order valence-corrected chi connectivity index (χ2v) is 15.9. The number of nitrogens with zero attached hydrogens (tertiary/aromatic N) is 5. The summed E-state index contributed by atoms with van der Waals surface area (Å²) in [5.74, 6) is 0.315. The molecular formula is C39H39N7O6S2. The van der Waals surface area contributed by atoms with Crippen LogP contribution in [0.2, 0.25) is 0 Å². The van der Waals surface area contributed by atoms with Gasteiger partial charge in [-0.05, 0) is 79.9 Å². The lowest BCUT2D eigenvalue weighted by atomic mass is 9.97. The van der Waals surface area contributed by atoms with Gasteiger partial charge in [-0.2, -0.15) is 9.64 Å². The maximum Gasteiger partial charge on any atom is 0.410 e. The van der Waals surface area contributed by atoms with Gasteiger partial charge in [-0.3, -0.25) is 14.4 Å². The van der Waals surface area contributed by atoms with E-state index in [1.807, 2.05) is 75.4 Å². The number of anilines is 1. The number of piperazine rings is 1. The van der Waals surface area contributed by atoms with Crippen molar-refractivity contribution in [3.8, 4) is 39.8 Å². The predicted molar refractivity (Wildman–Crippen MR) is 206 cm³/mol. The van der Waals surface area contributed by atoms with E-state index in [9.17, 15) is 23.3 Å². The molecule has 278 valence electrons. The molecule has 0 atom stereocenters. The number of hydrogen-bond acceptors (Lipinski definition) is 11. The average Bonchev–Trinajstić information content (AvgIpc) is 3.67. The van der Waals surface area contributed by atoms with Gasteiger partial charge in [0, 0.05) is 61.9 Å². The molecule has 4 aromatic carbocycles. The van der Waals surface area contributed by atoms with Crippen LogP contribution in [-0.2, 0) is 14.8 Å². The summed E-state index contributed by atoms with van der Waals surface area (Å²) in [6.07, 6.45) is 0.926. The Balaban J connectivity index is 1.19. The van der Waals surface area contributed by atoms with Crippen molar-refractivity contribution in [1.82, 2.24) is 24.5 Å². The van der Waals surface area contributed by atoms with Crippen LogP contribution in [-0.4, -0.2) is 84.4 Å². The van der Waals surface area contributed by atoms with Gasteiger partial charge in [-0.1, -0.05) is 48.5 Å². The highest BCUT2D eigenvalue weighted by molar-refractivity contribution is 7.93. The molecule has 1 aliphatic heterocycles. The Morgan fingerprint density at radius 1 is 0.889 bits per heavy atom. The summed E-state index contributed by atoms with van der Waals surface area (Å²) in [6.45, 7) is 9.06. The van der Waals surface area contributed by atoms with Crippen LogP contribution in [0.4, 0.5) is 9.93 Å². The van der Waals surface area contributed by atoms with Gasteiger partial charge in [0.2, 0.25) is 5.13 Å². The fourth-order valence-corrected chi connectivity index (χ4v) is 7.44. The van der Waals surface area contributed by atoms with Crippen molar-refractivity contribution in [2.45, 2.75) is 31.3 Å². The van der Waals surface area contributed by atoms with Crippen LogP contribution in [0.15, 0.2) is 102 Å². The molecule has 6 rings (SSSR count). The van der Waals surface area contributed by atoms with Crippen molar-refractivity contribution in [3.05, 3.63) is 108 Å². The Bertz CT molecular complexity index is 2260. The molecule has 0 spiro atoms. The molecule has 0 radical (unpaired) electrons. The van der Waals surface area contributed by atoms with Gasteiger partial charge in [-0.25, -0.2) is 18.2 Å². The quantitative estimate of drug-likeness (QED) is 0.149. The number of nitrogens with one attached hydrogen (secondary N) is 2. The van der Waals surface area contributed by atoms with Crippen LogP contribution in [0.3, 0.4) is 0 Å². The minimum Gasteiger partial charge on any atom is -0.455 e. The Hall–Kier alpha value is -5.82. The van der Waals surface area contributed by atoms with Crippen LogP contribution in [0, 0.1) is 11.3 Å². The highest BCUT2D eigenvalue weighted by atomic mass is 32.2. The first-order valence-corrected chi connectivity index (χ1v) is 19.4. The first-order valence-electron chi connectivity index (χ1n) is 17.2. The van der Waals surface area contributed by atoms with Gasteiger partial charge in [-0.15, -0.1) is 0 Å². The number of ether oxygens (including phenoxy) is 2. The molecule has 0 saturated carbocycles. The van der Waals surface area contributed by atoms with Crippen LogP contribution in [0.25, 0.3) is 22.3 Å². The lowest BCUT2D eigenvalue weighted by Gasteiger charge is -2.35. The fourth-order valence-electron chi connectivity index (χ4n) is 5.76. The Labute approximate surface area is 318 Å². The Morgan fingerprint density at radius 3 is 2.33 bits per heavy atom. The molecule has 2 heterocycles. The number of nitriles is 1. The van der Waals surface area contributed by atoms with E-state index in [4.69, 9.17) is 9.47 Å². The molecule has 0 bridgehead atoms. The summed E-state index contributed by atoms with van der Waals surface area (Å²) < 4.78 is 43.9. The minimum absolute atomic E-state index is 0.00704. The smallest absolute Gasteiger partial charge is 0.410 e. The number of hydrogen-bond donors (Lipinski definition) is 2. The van der Waals surface area contributed by atoms with E-state index in [1.54, 1.807) is 29.2 Å². The lowest BCUT2D eigenvalue weighted by molar-refractivity contribution is 0.0147. The van der Waals surface area contributed by atoms with Gasteiger partial charge in [0.15, 0.2) is 0 Å². The largest absolute Gasteiger partial charge is 0.455 e. The zero-order chi connectivity index (χ0) is 38.3. The molecule has 54 heavy (non-hydrogen) atoms. The van der Waals surface area contributed by atoms with E-state index < -0.39 is 15.6 Å². The molecule has 0 unspecified atom stereocenters. The Morgan fingerprint density at radius 2 is 1.63 bits per heavy atom. The number of carbonyl (C=O) groups is 2. The van der Waals surface area contributed by atoms with Crippen molar-refractivity contribution in [3.63, 3.8) is 0 Å². The third-order valence-electron chi connectivity index (χ3n) is 8.44. The second-order valence-electron chi connectivity index (χ2n) is 13.4. The first kappa shape index (κ1) is 37.9. The highest BCUT2D eigenvalue weighted by Gasteiger charge is 2.26. The Kier molecular flexibility index (Phi) is 11.6. The van der Waals surface area contributed by atoms with Crippen molar-refractivity contribution < 1.29 is 27.5 Å². The molecular weight excluding hydrogens is 727 g/mol. The van der Waals surface area contributed by atoms with E-state index in [-0.39, 0.29) is 33.3 Å². The van der Waals surface area contributed by atoms with Crippen LogP contribution in [0.5, 0.6) is 11.5 Å². The van der Waals surface area contributed by atoms with E-state index in [0.29, 0.717) is 61.7 Å². The molecule has 1 saturated heterocycles. The van der Waals surface area contributed by atoms with E-state index in [1.165, 1.54) is 24.5 Å². The van der Waals surface area contributed by atoms with Crippen LogP contribution in [0.1, 0.15) is 36.7 Å². The van der Waals surface area contributed by atoms with Crippen molar-refractivity contribution in [1.29, 1.82) is 5.26 Å². The lowest BCUT2D eigenvalue weighted by Crippen LogP contribution is -2.51. The highest BCUT2D eigenvalue weighted by Crippen LogP contribution is 2.38. The molecule has 2 N–H and O–H groups in total. The number of aromatic nitrogens is 2. The van der Waals surface area contributed by atoms with Crippen molar-refractivity contribution in [2.75, 3.05) is 44.0 Å². The zero-order valence-electron chi connectivity index (χ0n) is 30.0. The van der Waals surface area contributed by atoms with Gasteiger partial charge >= 0.3 is 6.09 Å². The van der Waals surface area contributed by atoms with E-state index >= 15 is 0 Å². The molecule has 1 fully saturated rings. The SMILES string of the molecule is CC(C)(C)OC(=O)N1CCN(CCNC(=O)c2cccc(-c3cc(-c4ccccc4)ccc3Oc3ccc(S(=O)(=O)Nc4ncns4)cc3C#N)c2)CC1. The summed E-state index contributed by atoms with van der Waals surface area (Å²) in [6, 6.07) is 28.7. The summed E-state index contributed by atoms with van der Waals surface area (Å²) in [4.78, 5) is 33.4. The minimum atomic E-state index is -4.04. The molecule has 1 aliphatic rings. The number of sulfonamides is 1. The standard InChI is InChI=1S/C39H39N7O6S2/c1-39(2,3)52-38(48)46-20-18-45(19-21-46)17-16-41-36(47)30-11-7-10-29(22-30)33-24-28(27-8-5-4-6-9-27)12-14-35(33)51-34-15-13-32(23-31(34)25-40)54(49,50)44-37-42-26-43-53-37/h4-15,22-24,26H,16-21H2,1-3H3,(H,41,47)(H,42,43,44). The van der Waals surface area contributed by atoms with Crippen molar-refractivity contribution >= 4 is 38.7 Å². The molecule has 13 nitrogen and oxygen atoms in total.